The van der Waals surface area contributed by atoms with Crippen LogP contribution in [0.3, 0.4) is 0 Å². The van der Waals surface area contributed by atoms with Crippen molar-refractivity contribution in [1.82, 2.24) is 0 Å². The van der Waals surface area contributed by atoms with E-state index in [4.69, 9.17) is 16.3 Å². The zero-order valence-electron chi connectivity index (χ0n) is 12.3. The van der Waals surface area contributed by atoms with Gasteiger partial charge in [-0.15, -0.1) is 0 Å². The molecule has 1 aliphatic heterocycles. The fraction of sp³-hybridized carbons (Fsp3) is 0.176. The minimum Gasteiger partial charge on any atom is -0.496 e. The van der Waals surface area contributed by atoms with E-state index in [1.54, 1.807) is 42.5 Å². The summed E-state index contributed by atoms with van der Waals surface area (Å²) in [6.45, 7) is 0. The van der Waals surface area contributed by atoms with Gasteiger partial charge in [0.25, 0.3) is 0 Å². The van der Waals surface area contributed by atoms with Gasteiger partial charge in [0.05, 0.1) is 13.5 Å². The predicted octanol–water partition coefficient (Wildman–Crippen LogP) is 3.06. The van der Waals surface area contributed by atoms with Crippen LogP contribution in [0.1, 0.15) is 17.5 Å². The number of para-hydroxylation sites is 1. The molecule has 2 aromatic carbocycles. The third-order valence-corrected chi connectivity index (χ3v) is 4.30. The van der Waals surface area contributed by atoms with Crippen molar-refractivity contribution in [1.29, 1.82) is 0 Å². The van der Waals surface area contributed by atoms with E-state index in [-0.39, 0.29) is 0 Å². The molecule has 2 N–H and O–H groups in total. The van der Waals surface area contributed by atoms with E-state index in [0.29, 0.717) is 27.6 Å². The van der Waals surface area contributed by atoms with Crippen molar-refractivity contribution in [2.24, 2.45) is 0 Å². The number of rotatable bonds is 4. The van der Waals surface area contributed by atoms with Gasteiger partial charge in [-0.25, -0.2) is 0 Å². The first-order chi connectivity index (χ1) is 11.0. The first-order valence-corrected chi connectivity index (χ1v) is 7.33. The highest BCUT2D eigenvalue weighted by atomic mass is 35.5. The Morgan fingerprint density at radius 1 is 1.26 bits per heavy atom. The number of hydrogen-bond donors (Lipinski definition) is 2. The Kier molecular flexibility index (Phi) is 3.74. The highest BCUT2D eigenvalue weighted by Gasteiger charge is 2.51. The third-order valence-electron chi connectivity index (χ3n) is 4.06. The minimum atomic E-state index is -1.38. The van der Waals surface area contributed by atoms with Gasteiger partial charge >= 0.3 is 5.97 Å². The normalized spacial score (nSPS) is 19.1. The molecular formula is C17H14ClNO4. The molecule has 6 heteroatoms. The van der Waals surface area contributed by atoms with Crippen LogP contribution in [0.2, 0.25) is 5.02 Å². The molecule has 1 atom stereocenters. The van der Waals surface area contributed by atoms with Gasteiger partial charge in [-0.05, 0) is 29.8 Å². The molecule has 5 nitrogen and oxygen atoms in total. The van der Waals surface area contributed by atoms with Crippen LogP contribution in [0, 0.1) is 0 Å². The Labute approximate surface area is 137 Å². The summed E-state index contributed by atoms with van der Waals surface area (Å²) in [5, 5.41) is 12.6. The van der Waals surface area contributed by atoms with Gasteiger partial charge in [0.2, 0.25) is 5.91 Å². The monoisotopic (exact) mass is 331 g/mol. The summed E-state index contributed by atoms with van der Waals surface area (Å²) in [6.07, 6.45) is -0.396. The summed E-state index contributed by atoms with van der Waals surface area (Å²) in [5.74, 6) is -1.03. The summed E-state index contributed by atoms with van der Waals surface area (Å²) in [5.41, 5.74) is 0.232. The molecule has 1 unspecified atom stereocenters. The SMILES string of the molecule is COc1ccccc1C1(CC(=O)O)C(=O)Nc2ccc(Cl)cc21. The number of nitrogens with one attached hydrogen (secondary N) is 1. The van der Waals surface area contributed by atoms with Crippen LogP contribution in [-0.4, -0.2) is 24.1 Å². The van der Waals surface area contributed by atoms with Crippen molar-refractivity contribution in [2.45, 2.75) is 11.8 Å². The number of methoxy groups -OCH3 is 1. The minimum absolute atomic E-state index is 0.396. The summed E-state index contributed by atoms with van der Waals surface area (Å²) < 4.78 is 5.35. The van der Waals surface area contributed by atoms with Crippen molar-refractivity contribution in [3.8, 4) is 5.75 Å². The molecule has 0 aliphatic carbocycles. The van der Waals surface area contributed by atoms with Gasteiger partial charge in [-0.2, -0.15) is 0 Å². The lowest BCUT2D eigenvalue weighted by Crippen LogP contribution is -2.38. The molecule has 0 radical (unpaired) electrons. The number of carbonyl (C=O) groups is 2. The highest BCUT2D eigenvalue weighted by molar-refractivity contribution is 6.31. The van der Waals surface area contributed by atoms with Gasteiger partial charge < -0.3 is 15.2 Å². The smallest absolute Gasteiger partial charge is 0.305 e. The maximum atomic E-state index is 12.8. The molecule has 0 saturated carbocycles. The van der Waals surface area contributed by atoms with Crippen LogP contribution in [0.5, 0.6) is 5.75 Å². The molecule has 23 heavy (non-hydrogen) atoms. The Bertz CT molecular complexity index is 805. The number of carbonyl (C=O) groups excluding carboxylic acids is 1. The number of carboxylic acid groups (broad SMARTS) is 1. The average Bonchev–Trinajstić information content (AvgIpc) is 2.79. The lowest BCUT2D eigenvalue weighted by Gasteiger charge is -2.28. The summed E-state index contributed by atoms with van der Waals surface area (Å²) >= 11 is 6.08. The zero-order chi connectivity index (χ0) is 16.6. The Morgan fingerprint density at radius 3 is 2.70 bits per heavy atom. The number of benzene rings is 2. The second kappa shape index (κ2) is 5.59. The van der Waals surface area contributed by atoms with Crippen LogP contribution in [0.4, 0.5) is 5.69 Å². The fourth-order valence-corrected chi connectivity index (χ4v) is 3.26. The quantitative estimate of drug-likeness (QED) is 0.902. The second-order valence-electron chi connectivity index (χ2n) is 5.32. The maximum Gasteiger partial charge on any atom is 0.305 e. The number of halogens is 1. The molecule has 118 valence electrons. The first kappa shape index (κ1) is 15.4. The number of fused-ring (bicyclic) bond motifs is 1. The van der Waals surface area contributed by atoms with Crippen molar-refractivity contribution < 1.29 is 19.4 Å². The topological polar surface area (TPSA) is 75.6 Å². The number of carboxylic acids is 1. The number of anilines is 1. The van der Waals surface area contributed by atoms with Crippen LogP contribution < -0.4 is 10.1 Å². The van der Waals surface area contributed by atoms with Gasteiger partial charge in [0, 0.05) is 16.3 Å². The summed E-state index contributed by atoms with van der Waals surface area (Å²) in [7, 11) is 1.49. The van der Waals surface area contributed by atoms with Crippen molar-refractivity contribution in [2.75, 3.05) is 12.4 Å². The van der Waals surface area contributed by atoms with Gasteiger partial charge in [0.1, 0.15) is 11.2 Å². The van der Waals surface area contributed by atoms with Crippen molar-refractivity contribution in [3.63, 3.8) is 0 Å². The number of ether oxygens (including phenoxy) is 1. The van der Waals surface area contributed by atoms with E-state index < -0.39 is 23.7 Å². The van der Waals surface area contributed by atoms with Crippen LogP contribution in [0.15, 0.2) is 42.5 Å². The van der Waals surface area contributed by atoms with Crippen molar-refractivity contribution in [3.05, 3.63) is 58.6 Å². The molecule has 3 rings (SSSR count). The van der Waals surface area contributed by atoms with Crippen molar-refractivity contribution >= 4 is 29.2 Å². The van der Waals surface area contributed by atoms with Crippen LogP contribution >= 0.6 is 11.6 Å². The molecule has 1 aliphatic rings. The standard InChI is InChI=1S/C17H14ClNO4/c1-23-14-5-3-2-4-11(14)17(9-15(20)21)12-8-10(18)6-7-13(12)19-16(17)22/h2-8H,9H2,1H3,(H,19,22)(H,20,21). The number of hydrogen-bond acceptors (Lipinski definition) is 3. The molecule has 0 saturated heterocycles. The average molecular weight is 332 g/mol. The predicted molar refractivity (Wildman–Crippen MR) is 86.1 cm³/mol. The molecular weight excluding hydrogens is 318 g/mol. The van der Waals surface area contributed by atoms with Crippen LogP contribution in [0.25, 0.3) is 0 Å². The van der Waals surface area contributed by atoms with E-state index in [0.717, 1.165) is 0 Å². The van der Waals surface area contributed by atoms with E-state index in [1.165, 1.54) is 7.11 Å². The maximum absolute atomic E-state index is 12.8. The third kappa shape index (κ3) is 2.33. The van der Waals surface area contributed by atoms with E-state index in [1.807, 2.05) is 0 Å². The highest BCUT2D eigenvalue weighted by Crippen LogP contribution is 2.48. The number of aliphatic carboxylic acids is 1. The molecule has 1 heterocycles. The Morgan fingerprint density at radius 2 is 2.00 bits per heavy atom. The zero-order valence-corrected chi connectivity index (χ0v) is 13.1. The van der Waals surface area contributed by atoms with E-state index in [2.05, 4.69) is 5.32 Å². The first-order valence-electron chi connectivity index (χ1n) is 6.96. The number of amides is 1. The van der Waals surface area contributed by atoms with Gasteiger partial charge in [0.15, 0.2) is 0 Å². The fourth-order valence-electron chi connectivity index (χ4n) is 3.09. The summed E-state index contributed by atoms with van der Waals surface area (Å²) in [6, 6.07) is 11.9. The summed E-state index contributed by atoms with van der Waals surface area (Å²) in [4.78, 5) is 24.3. The lowest BCUT2D eigenvalue weighted by molar-refractivity contribution is -0.140. The lowest BCUT2D eigenvalue weighted by atomic mass is 9.72. The Hall–Kier alpha value is -2.53. The molecule has 0 spiro atoms. The van der Waals surface area contributed by atoms with Gasteiger partial charge in [-0.3, -0.25) is 9.59 Å². The molecule has 0 fully saturated rings. The molecule has 1 amide bonds. The second-order valence-corrected chi connectivity index (χ2v) is 5.76. The van der Waals surface area contributed by atoms with E-state index >= 15 is 0 Å². The molecule has 0 bridgehead atoms. The van der Waals surface area contributed by atoms with Gasteiger partial charge in [-0.1, -0.05) is 29.8 Å². The van der Waals surface area contributed by atoms with E-state index in [9.17, 15) is 14.7 Å². The van der Waals surface area contributed by atoms with Crippen LogP contribution in [-0.2, 0) is 15.0 Å². The largest absolute Gasteiger partial charge is 0.496 e. The Balaban J connectivity index is 2.34. The molecule has 0 aromatic heterocycles. The molecule has 2 aromatic rings.